The number of pyridine rings is 1. The normalized spacial score (nSPS) is 26.5. The maximum Gasteiger partial charge on any atom is 0.0810 e. The molecule has 0 spiro atoms. The summed E-state index contributed by atoms with van der Waals surface area (Å²) in [5, 5.41) is -0.191. The Morgan fingerprint density at radius 1 is 0.700 bits per heavy atom. The Kier molecular flexibility index (Phi) is 5.50. The van der Waals surface area contributed by atoms with Gasteiger partial charge in [0.05, 0.1) is 13.5 Å². The second-order valence-corrected chi connectivity index (χ2v) is 9.54. The first-order valence-corrected chi connectivity index (χ1v) is 11.6. The fraction of sp³-hybridized carbons (Fsp3) is 0.393. The fourth-order valence-electron chi connectivity index (χ4n) is 5.79. The van der Waals surface area contributed by atoms with E-state index in [9.17, 15) is 0 Å². The quantitative estimate of drug-likeness (QED) is 0.432. The van der Waals surface area contributed by atoms with Crippen LogP contribution in [0.2, 0.25) is 0 Å². The molecule has 6 rings (SSSR count). The van der Waals surface area contributed by atoms with Crippen LogP contribution in [-0.4, -0.2) is 12.8 Å². The molecule has 3 saturated carbocycles. The Morgan fingerprint density at radius 2 is 1.37 bits per heavy atom. The first-order chi connectivity index (χ1) is 14.7. The van der Waals surface area contributed by atoms with E-state index in [-0.39, 0.29) is 5.31 Å². The molecule has 2 radical (unpaired) electrons. The molecule has 0 unspecified atom stereocenters. The molecule has 30 heavy (non-hydrogen) atoms. The highest BCUT2D eigenvalue weighted by atomic mass is 14.7. The molecule has 0 saturated heterocycles. The van der Waals surface area contributed by atoms with Gasteiger partial charge in [-0.05, 0) is 47.2 Å². The van der Waals surface area contributed by atoms with Crippen LogP contribution in [0, 0.1) is 11.8 Å². The van der Waals surface area contributed by atoms with Crippen molar-refractivity contribution in [3.63, 3.8) is 0 Å². The van der Waals surface area contributed by atoms with Crippen molar-refractivity contribution in [2.45, 2.75) is 56.7 Å². The van der Waals surface area contributed by atoms with Crippen LogP contribution in [0.1, 0.15) is 56.9 Å². The van der Waals surface area contributed by atoms with Gasteiger partial charge in [-0.3, -0.25) is 4.98 Å². The lowest BCUT2D eigenvalue weighted by molar-refractivity contribution is 0.207. The minimum atomic E-state index is -0.191. The van der Waals surface area contributed by atoms with Crippen LogP contribution in [-0.2, 0) is 5.31 Å². The SMILES string of the molecule is [B]C1(c2cccc(-c3ccc(-c4ccccc4)nc3)c2)CC2CCCC(CCC2)C1. The van der Waals surface area contributed by atoms with E-state index in [0.29, 0.717) is 0 Å². The molecule has 2 aromatic carbocycles. The maximum atomic E-state index is 7.17. The summed E-state index contributed by atoms with van der Waals surface area (Å²) in [5.74, 6) is 1.57. The topological polar surface area (TPSA) is 12.9 Å². The second-order valence-electron chi connectivity index (χ2n) is 9.54. The average molecular weight is 391 g/mol. The molecule has 1 aromatic heterocycles. The van der Waals surface area contributed by atoms with Gasteiger partial charge < -0.3 is 0 Å². The van der Waals surface area contributed by atoms with E-state index in [1.807, 2.05) is 12.3 Å². The van der Waals surface area contributed by atoms with Crippen LogP contribution in [0.3, 0.4) is 0 Å². The van der Waals surface area contributed by atoms with E-state index in [4.69, 9.17) is 12.8 Å². The minimum Gasteiger partial charge on any atom is -0.256 e. The summed E-state index contributed by atoms with van der Waals surface area (Å²) in [6.45, 7) is 0. The third-order valence-electron chi connectivity index (χ3n) is 7.36. The number of benzene rings is 2. The summed E-state index contributed by atoms with van der Waals surface area (Å²) in [7, 11) is 7.17. The monoisotopic (exact) mass is 391 g/mol. The predicted octanol–water partition coefficient (Wildman–Crippen LogP) is 7.16. The van der Waals surface area contributed by atoms with Gasteiger partial charge in [0.15, 0.2) is 0 Å². The molecule has 0 N–H and O–H groups in total. The van der Waals surface area contributed by atoms with Crippen LogP contribution in [0.25, 0.3) is 22.4 Å². The Hall–Kier alpha value is -2.35. The summed E-state index contributed by atoms with van der Waals surface area (Å²) < 4.78 is 0. The summed E-state index contributed by atoms with van der Waals surface area (Å²) >= 11 is 0. The Balaban J connectivity index is 1.44. The number of hydrogen-bond acceptors (Lipinski definition) is 1. The van der Waals surface area contributed by atoms with Gasteiger partial charge in [-0.25, -0.2) is 0 Å². The van der Waals surface area contributed by atoms with Gasteiger partial charge in [-0.1, -0.05) is 99.2 Å². The van der Waals surface area contributed by atoms with E-state index in [0.717, 1.165) is 41.5 Å². The third-order valence-corrected chi connectivity index (χ3v) is 7.36. The third kappa shape index (κ3) is 4.10. The number of aromatic nitrogens is 1. The van der Waals surface area contributed by atoms with Crippen molar-refractivity contribution in [1.29, 1.82) is 0 Å². The van der Waals surface area contributed by atoms with Crippen LogP contribution in [0.5, 0.6) is 0 Å². The molecule has 0 amide bonds. The van der Waals surface area contributed by atoms with Gasteiger partial charge in [-0.2, -0.15) is 0 Å². The molecule has 2 bridgehead atoms. The van der Waals surface area contributed by atoms with Crippen molar-refractivity contribution < 1.29 is 0 Å². The average Bonchev–Trinajstić information content (AvgIpc) is 2.76. The van der Waals surface area contributed by atoms with Gasteiger partial charge in [0.25, 0.3) is 0 Å². The maximum absolute atomic E-state index is 7.17. The Labute approximate surface area is 182 Å². The zero-order valence-corrected chi connectivity index (χ0v) is 17.8. The highest BCUT2D eigenvalue weighted by Gasteiger charge is 2.35. The van der Waals surface area contributed by atoms with E-state index in [1.165, 1.54) is 49.7 Å². The smallest absolute Gasteiger partial charge is 0.0810 e. The first-order valence-electron chi connectivity index (χ1n) is 11.6. The Bertz CT molecular complexity index is 955. The second kappa shape index (κ2) is 8.42. The molecule has 3 aliphatic carbocycles. The molecule has 0 atom stereocenters. The van der Waals surface area contributed by atoms with Crippen molar-refractivity contribution in [1.82, 2.24) is 4.98 Å². The van der Waals surface area contributed by atoms with Crippen molar-refractivity contribution >= 4 is 7.85 Å². The zero-order valence-electron chi connectivity index (χ0n) is 17.8. The molecule has 1 nitrogen and oxygen atoms in total. The van der Waals surface area contributed by atoms with Crippen LogP contribution in [0.4, 0.5) is 0 Å². The lowest BCUT2D eigenvalue weighted by Gasteiger charge is -2.42. The molecule has 3 aromatic rings. The molecule has 3 fully saturated rings. The highest BCUT2D eigenvalue weighted by molar-refractivity contribution is 6.16. The number of rotatable bonds is 3. The summed E-state index contributed by atoms with van der Waals surface area (Å²) in [6, 6.07) is 23.6. The van der Waals surface area contributed by atoms with Crippen molar-refractivity contribution in [2.24, 2.45) is 11.8 Å². The molecule has 3 aliphatic rings. The lowest BCUT2D eigenvalue weighted by Crippen LogP contribution is -2.35. The van der Waals surface area contributed by atoms with Gasteiger partial charge >= 0.3 is 0 Å². The van der Waals surface area contributed by atoms with E-state index < -0.39 is 0 Å². The number of fused-ring (bicyclic) bond motifs is 6. The van der Waals surface area contributed by atoms with Crippen molar-refractivity contribution in [2.75, 3.05) is 0 Å². The van der Waals surface area contributed by atoms with Crippen molar-refractivity contribution in [3.8, 4) is 22.4 Å². The Morgan fingerprint density at radius 3 is 2.00 bits per heavy atom. The van der Waals surface area contributed by atoms with Gasteiger partial charge in [0.2, 0.25) is 0 Å². The predicted molar refractivity (Wildman–Crippen MR) is 126 cm³/mol. The van der Waals surface area contributed by atoms with E-state index in [2.05, 4.69) is 60.7 Å². The number of nitrogens with zero attached hydrogens (tertiary/aromatic N) is 1. The van der Waals surface area contributed by atoms with E-state index in [1.54, 1.807) is 0 Å². The van der Waals surface area contributed by atoms with Gasteiger partial charge in [0, 0.05) is 17.3 Å². The van der Waals surface area contributed by atoms with E-state index >= 15 is 0 Å². The number of hydrogen-bond donors (Lipinski definition) is 0. The summed E-state index contributed by atoms with van der Waals surface area (Å²) in [4.78, 5) is 4.73. The molecule has 1 heterocycles. The van der Waals surface area contributed by atoms with Crippen LogP contribution >= 0.6 is 0 Å². The summed E-state index contributed by atoms with van der Waals surface area (Å²) in [5.41, 5.74) is 5.85. The standard InChI is InChI=1S/C28H30BN/c29-28(18-21-7-4-8-22(19-28)10-5-9-21)26-14-6-13-24(17-26)25-15-16-27(30-20-25)23-11-2-1-3-12-23/h1-3,6,11-17,20-22H,4-5,7-10,18-19H2. The fourth-order valence-corrected chi connectivity index (χ4v) is 5.79. The van der Waals surface area contributed by atoms with Crippen LogP contribution in [0.15, 0.2) is 72.9 Å². The highest BCUT2D eigenvalue weighted by Crippen LogP contribution is 2.45. The van der Waals surface area contributed by atoms with Gasteiger partial charge in [-0.15, -0.1) is 0 Å². The molecule has 150 valence electrons. The first kappa shape index (κ1) is 19.6. The van der Waals surface area contributed by atoms with Crippen molar-refractivity contribution in [3.05, 3.63) is 78.5 Å². The molecule has 2 heteroatoms. The molecular formula is C28H30BN. The van der Waals surface area contributed by atoms with Gasteiger partial charge in [0.1, 0.15) is 0 Å². The molecule has 0 aliphatic heterocycles. The summed E-state index contributed by atoms with van der Waals surface area (Å²) in [6.07, 6.45) is 12.5. The minimum absolute atomic E-state index is 0.191. The lowest BCUT2D eigenvalue weighted by atomic mass is 9.53. The zero-order chi connectivity index (χ0) is 20.4. The molecular weight excluding hydrogens is 361 g/mol. The largest absolute Gasteiger partial charge is 0.256 e. The van der Waals surface area contributed by atoms with Crippen LogP contribution < -0.4 is 0 Å².